The number of anilines is 1. The molecule has 4 rings (SSSR count). The molecule has 1 saturated heterocycles. The van der Waals surface area contributed by atoms with E-state index in [0.717, 1.165) is 22.3 Å². The molecule has 45 heavy (non-hydrogen) atoms. The number of benzene rings is 3. The summed E-state index contributed by atoms with van der Waals surface area (Å²) >= 11 is 8.58. The van der Waals surface area contributed by atoms with Crippen LogP contribution < -0.4 is 16.0 Å². The number of aryl methyl sites for hydroxylation is 1. The van der Waals surface area contributed by atoms with Crippen molar-refractivity contribution in [2.24, 2.45) is 0 Å². The molecular weight excluding hydrogens is 720 g/mol. The van der Waals surface area contributed by atoms with E-state index >= 15 is 0 Å². The number of carbonyl (C=O) groups excluding carboxylic acids is 3. The van der Waals surface area contributed by atoms with Gasteiger partial charge < -0.3 is 26.0 Å². The standard InChI is InChI=1S/C34H40Br2N4O4S/c1-20(2)24-16-25(35)28(26(36)17-24)39-33(44)38-27(15-22-12-7-6-8-13-22)29(41)32(43)40-19-45-34(4,5)30(40)31(42)37-18-23-14-10-9-11-21(23)3/h6-14,16-17,20,27,29-30,41H,15,18-19H2,1-5H3,(H,37,42)(H2,38,39,44)/t27-,29-,30+/m0/s1. The highest BCUT2D eigenvalue weighted by atomic mass is 79.9. The molecule has 1 aliphatic rings. The lowest BCUT2D eigenvalue weighted by Gasteiger charge is -2.33. The number of urea groups is 1. The monoisotopic (exact) mass is 758 g/mol. The third kappa shape index (κ3) is 8.69. The molecule has 0 aliphatic carbocycles. The summed E-state index contributed by atoms with van der Waals surface area (Å²) in [5.74, 6) is -0.385. The van der Waals surface area contributed by atoms with Crippen LogP contribution in [0, 0.1) is 6.92 Å². The van der Waals surface area contributed by atoms with Crippen LogP contribution in [-0.4, -0.2) is 56.7 Å². The Hall–Kier alpha value is -2.86. The Balaban J connectivity index is 1.54. The van der Waals surface area contributed by atoms with Gasteiger partial charge in [-0.25, -0.2) is 4.79 Å². The van der Waals surface area contributed by atoms with Crippen molar-refractivity contribution in [3.8, 4) is 0 Å². The van der Waals surface area contributed by atoms with Crippen molar-refractivity contribution in [1.29, 1.82) is 0 Å². The summed E-state index contributed by atoms with van der Waals surface area (Å²) in [6, 6.07) is 18.7. The molecule has 0 radical (unpaired) electrons. The molecule has 11 heteroatoms. The van der Waals surface area contributed by atoms with E-state index in [1.165, 1.54) is 16.7 Å². The van der Waals surface area contributed by atoms with Gasteiger partial charge in [0.1, 0.15) is 6.04 Å². The zero-order valence-electron chi connectivity index (χ0n) is 26.1. The van der Waals surface area contributed by atoms with E-state index in [-0.39, 0.29) is 18.2 Å². The Bertz CT molecular complexity index is 1510. The molecule has 3 aromatic rings. The molecule has 0 unspecified atom stereocenters. The van der Waals surface area contributed by atoms with Crippen molar-refractivity contribution in [2.45, 2.75) is 76.4 Å². The molecule has 240 valence electrons. The first-order valence-electron chi connectivity index (χ1n) is 14.8. The van der Waals surface area contributed by atoms with Crippen LogP contribution >= 0.6 is 43.6 Å². The minimum Gasteiger partial charge on any atom is -0.381 e. The van der Waals surface area contributed by atoms with E-state index in [1.807, 2.05) is 87.5 Å². The van der Waals surface area contributed by atoms with Gasteiger partial charge in [0.05, 0.1) is 17.6 Å². The van der Waals surface area contributed by atoms with Gasteiger partial charge in [0.15, 0.2) is 6.10 Å². The van der Waals surface area contributed by atoms with Gasteiger partial charge in [-0.3, -0.25) is 9.59 Å². The van der Waals surface area contributed by atoms with E-state index in [2.05, 4.69) is 61.7 Å². The molecule has 8 nitrogen and oxygen atoms in total. The average molecular weight is 761 g/mol. The number of amides is 4. The van der Waals surface area contributed by atoms with Crippen molar-refractivity contribution < 1.29 is 19.5 Å². The van der Waals surface area contributed by atoms with Crippen molar-refractivity contribution >= 4 is 67.2 Å². The van der Waals surface area contributed by atoms with Crippen molar-refractivity contribution in [1.82, 2.24) is 15.5 Å². The van der Waals surface area contributed by atoms with Gasteiger partial charge in [0.2, 0.25) is 5.91 Å². The Morgan fingerprint density at radius 1 is 1.02 bits per heavy atom. The van der Waals surface area contributed by atoms with Crippen LogP contribution in [0.5, 0.6) is 0 Å². The third-order valence-electron chi connectivity index (χ3n) is 8.01. The Labute approximate surface area is 286 Å². The third-order valence-corrected chi connectivity index (χ3v) is 10.6. The molecule has 0 spiro atoms. The second-order valence-electron chi connectivity index (χ2n) is 12.1. The molecule has 1 heterocycles. The lowest BCUT2D eigenvalue weighted by atomic mass is 9.97. The van der Waals surface area contributed by atoms with Crippen LogP contribution in [0.3, 0.4) is 0 Å². The fourth-order valence-electron chi connectivity index (χ4n) is 5.32. The Morgan fingerprint density at radius 2 is 1.64 bits per heavy atom. The van der Waals surface area contributed by atoms with Crippen molar-refractivity contribution in [3.05, 3.63) is 97.9 Å². The van der Waals surface area contributed by atoms with Gasteiger partial charge in [-0.05, 0) is 99.4 Å². The second kappa shape index (κ2) is 15.2. The second-order valence-corrected chi connectivity index (χ2v) is 15.4. The molecule has 1 aliphatic heterocycles. The summed E-state index contributed by atoms with van der Waals surface area (Å²) in [6.07, 6.45) is -1.41. The number of nitrogens with one attached hydrogen (secondary N) is 3. The summed E-state index contributed by atoms with van der Waals surface area (Å²) in [5.41, 5.74) is 4.50. The fourth-order valence-corrected chi connectivity index (χ4v) is 7.88. The average Bonchev–Trinajstić information content (AvgIpc) is 3.32. The minimum atomic E-state index is -1.60. The highest BCUT2D eigenvalue weighted by Crippen LogP contribution is 2.40. The first kappa shape index (κ1) is 35.0. The highest BCUT2D eigenvalue weighted by Gasteiger charge is 2.49. The summed E-state index contributed by atoms with van der Waals surface area (Å²) in [5, 5.41) is 20.2. The largest absolute Gasteiger partial charge is 0.381 e. The molecule has 4 N–H and O–H groups in total. The number of hydrogen-bond donors (Lipinski definition) is 4. The van der Waals surface area contributed by atoms with E-state index in [1.54, 1.807) is 0 Å². The number of halogens is 2. The SMILES string of the molecule is Cc1ccccc1CNC(=O)[C@H]1N(C(=O)[C@@H](O)[C@H](Cc2ccccc2)NC(=O)Nc2c(Br)cc(C(C)C)cc2Br)CSC1(C)C. The number of aliphatic hydroxyl groups is 1. The smallest absolute Gasteiger partial charge is 0.319 e. The molecule has 3 atom stereocenters. The normalized spacial score (nSPS) is 17.1. The predicted molar refractivity (Wildman–Crippen MR) is 188 cm³/mol. The first-order valence-corrected chi connectivity index (χ1v) is 17.4. The van der Waals surface area contributed by atoms with Gasteiger partial charge in [0, 0.05) is 20.2 Å². The van der Waals surface area contributed by atoms with Gasteiger partial charge in [0.25, 0.3) is 5.91 Å². The van der Waals surface area contributed by atoms with Gasteiger partial charge >= 0.3 is 6.03 Å². The van der Waals surface area contributed by atoms with Crippen LogP contribution in [0.2, 0.25) is 0 Å². The number of thioether (sulfide) groups is 1. The topological polar surface area (TPSA) is 111 Å². The van der Waals surface area contributed by atoms with Gasteiger partial charge in [-0.15, -0.1) is 11.8 Å². The molecule has 3 aromatic carbocycles. The zero-order valence-corrected chi connectivity index (χ0v) is 30.1. The zero-order chi connectivity index (χ0) is 32.9. The Kier molecular flexibility index (Phi) is 11.8. The maximum Gasteiger partial charge on any atom is 0.319 e. The summed E-state index contributed by atoms with van der Waals surface area (Å²) in [4.78, 5) is 42.3. The minimum absolute atomic E-state index is 0.199. The summed E-state index contributed by atoms with van der Waals surface area (Å²) < 4.78 is 0.802. The van der Waals surface area contributed by atoms with Crippen LogP contribution in [-0.2, 0) is 22.6 Å². The number of carbonyl (C=O) groups is 3. The lowest BCUT2D eigenvalue weighted by molar-refractivity contribution is -0.147. The van der Waals surface area contributed by atoms with Crippen LogP contribution in [0.4, 0.5) is 10.5 Å². The number of hydrogen-bond acceptors (Lipinski definition) is 5. The van der Waals surface area contributed by atoms with Crippen molar-refractivity contribution in [2.75, 3.05) is 11.2 Å². The number of rotatable bonds is 10. The molecule has 1 fully saturated rings. The van der Waals surface area contributed by atoms with Crippen molar-refractivity contribution in [3.63, 3.8) is 0 Å². The van der Waals surface area contributed by atoms with E-state index < -0.39 is 34.9 Å². The van der Waals surface area contributed by atoms with E-state index in [9.17, 15) is 19.5 Å². The predicted octanol–water partition coefficient (Wildman–Crippen LogP) is 6.73. The highest BCUT2D eigenvalue weighted by molar-refractivity contribution is 9.11. The molecular formula is C34H40Br2N4O4S. The molecule has 0 aromatic heterocycles. The van der Waals surface area contributed by atoms with Gasteiger partial charge in [-0.2, -0.15) is 0 Å². The molecule has 0 bridgehead atoms. The van der Waals surface area contributed by atoms with Crippen LogP contribution in [0.15, 0.2) is 75.7 Å². The lowest BCUT2D eigenvalue weighted by Crippen LogP contribution is -2.59. The maximum atomic E-state index is 14.0. The van der Waals surface area contributed by atoms with E-state index in [4.69, 9.17) is 0 Å². The van der Waals surface area contributed by atoms with Crippen LogP contribution in [0.1, 0.15) is 55.9 Å². The number of nitrogens with zero attached hydrogens (tertiary/aromatic N) is 1. The van der Waals surface area contributed by atoms with Gasteiger partial charge in [-0.1, -0.05) is 68.4 Å². The van der Waals surface area contributed by atoms with Crippen LogP contribution in [0.25, 0.3) is 0 Å². The Morgan fingerprint density at radius 3 is 2.27 bits per heavy atom. The molecule has 4 amide bonds. The summed E-state index contributed by atoms with van der Waals surface area (Å²) in [7, 11) is 0. The maximum absolute atomic E-state index is 14.0. The fraction of sp³-hybridized carbons (Fsp3) is 0.382. The van der Waals surface area contributed by atoms with E-state index in [0.29, 0.717) is 27.1 Å². The quantitative estimate of drug-likeness (QED) is 0.183. The first-order chi connectivity index (χ1) is 21.3. The molecule has 0 saturated carbocycles. The number of aliphatic hydroxyl groups excluding tert-OH is 1. The summed E-state index contributed by atoms with van der Waals surface area (Å²) in [6.45, 7) is 10.3.